The fraction of sp³-hybridized carbons (Fsp3) is 0.750. The molecule has 1 aliphatic rings. The number of carbonyl (C=O) groups is 1. The number of rotatable bonds is 5. The highest BCUT2D eigenvalue weighted by Crippen LogP contribution is 2.25. The average molecular weight is 212 g/mol. The van der Waals surface area contributed by atoms with Crippen LogP contribution in [-0.2, 0) is 14.3 Å². The zero-order valence-electron chi connectivity index (χ0n) is 9.57. The van der Waals surface area contributed by atoms with E-state index in [4.69, 9.17) is 9.47 Å². The van der Waals surface area contributed by atoms with E-state index in [1.807, 2.05) is 13.8 Å². The van der Waals surface area contributed by atoms with Crippen LogP contribution in [-0.4, -0.2) is 25.3 Å². The van der Waals surface area contributed by atoms with Gasteiger partial charge in [0, 0.05) is 6.61 Å². The van der Waals surface area contributed by atoms with E-state index in [0.29, 0.717) is 0 Å². The summed E-state index contributed by atoms with van der Waals surface area (Å²) in [4.78, 5) is 10.9. The van der Waals surface area contributed by atoms with Crippen molar-refractivity contribution in [3.63, 3.8) is 0 Å². The Morgan fingerprint density at radius 1 is 1.53 bits per heavy atom. The molecule has 1 heterocycles. The summed E-state index contributed by atoms with van der Waals surface area (Å²) in [5.41, 5.74) is -0.539. The van der Waals surface area contributed by atoms with E-state index >= 15 is 0 Å². The van der Waals surface area contributed by atoms with Crippen LogP contribution in [0.4, 0.5) is 0 Å². The van der Waals surface area contributed by atoms with Crippen molar-refractivity contribution in [1.82, 2.24) is 0 Å². The molecule has 0 aromatic heterocycles. The molecule has 86 valence electrons. The zero-order chi connectivity index (χ0) is 11.3. The zero-order valence-corrected chi connectivity index (χ0v) is 9.57. The first-order valence-corrected chi connectivity index (χ1v) is 5.46. The molecule has 3 heteroatoms. The van der Waals surface area contributed by atoms with E-state index in [1.165, 1.54) is 0 Å². The van der Waals surface area contributed by atoms with Crippen LogP contribution in [0.3, 0.4) is 0 Å². The molecule has 1 rings (SSSR count). The number of ether oxygens (including phenoxy) is 2. The molecule has 3 nitrogen and oxygen atoms in total. The maximum absolute atomic E-state index is 10.9. The first-order valence-electron chi connectivity index (χ1n) is 5.46. The Morgan fingerprint density at radius 2 is 2.27 bits per heavy atom. The summed E-state index contributed by atoms with van der Waals surface area (Å²) < 4.78 is 11.2. The summed E-state index contributed by atoms with van der Waals surface area (Å²) in [6.45, 7) is 8.13. The Morgan fingerprint density at radius 3 is 2.73 bits per heavy atom. The summed E-state index contributed by atoms with van der Waals surface area (Å²) in [6.07, 6.45) is 5.23. The molecule has 0 spiro atoms. The standard InChI is InChI=1S/C12H20O3/c1-4-10(12(2,3)9-13)15-11-7-5-6-8-14-11/h4,9-11H,1,5-8H2,2-3H3. The van der Waals surface area contributed by atoms with Crippen LogP contribution in [0.25, 0.3) is 0 Å². The van der Waals surface area contributed by atoms with Crippen molar-refractivity contribution < 1.29 is 14.3 Å². The van der Waals surface area contributed by atoms with Crippen LogP contribution in [0, 0.1) is 5.41 Å². The van der Waals surface area contributed by atoms with Gasteiger partial charge in [0.25, 0.3) is 0 Å². The molecule has 1 fully saturated rings. The normalized spacial score (nSPS) is 24.5. The lowest BCUT2D eigenvalue weighted by Crippen LogP contribution is -2.37. The minimum atomic E-state index is -0.539. The van der Waals surface area contributed by atoms with Crippen molar-refractivity contribution in [2.45, 2.75) is 45.5 Å². The van der Waals surface area contributed by atoms with Crippen molar-refractivity contribution in [3.05, 3.63) is 12.7 Å². The van der Waals surface area contributed by atoms with Gasteiger partial charge < -0.3 is 14.3 Å². The molecule has 15 heavy (non-hydrogen) atoms. The van der Waals surface area contributed by atoms with E-state index in [9.17, 15) is 4.79 Å². The lowest BCUT2D eigenvalue weighted by Gasteiger charge is -2.32. The van der Waals surface area contributed by atoms with Gasteiger partial charge in [-0.05, 0) is 19.3 Å². The Kier molecular flexibility index (Phi) is 4.48. The fourth-order valence-corrected chi connectivity index (χ4v) is 1.58. The van der Waals surface area contributed by atoms with E-state index in [0.717, 1.165) is 32.2 Å². The average Bonchev–Trinajstić information content (AvgIpc) is 2.27. The smallest absolute Gasteiger partial charge is 0.158 e. The van der Waals surface area contributed by atoms with Gasteiger partial charge in [0.1, 0.15) is 6.29 Å². The summed E-state index contributed by atoms with van der Waals surface area (Å²) in [7, 11) is 0. The summed E-state index contributed by atoms with van der Waals surface area (Å²) in [5.74, 6) is 0. The molecule has 0 aromatic carbocycles. The predicted molar refractivity (Wildman–Crippen MR) is 58.5 cm³/mol. The Hall–Kier alpha value is -0.670. The molecule has 2 unspecified atom stereocenters. The largest absolute Gasteiger partial charge is 0.353 e. The summed E-state index contributed by atoms with van der Waals surface area (Å²) in [5, 5.41) is 0. The van der Waals surface area contributed by atoms with Gasteiger partial charge in [0.2, 0.25) is 0 Å². The molecule has 2 atom stereocenters. The van der Waals surface area contributed by atoms with Crippen LogP contribution >= 0.6 is 0 Å². The minimum Gasteiger partial charge on any atom is -0.353 e. The van der Waals surface area contributed by atoms with E-state index < -0.39 is 5.41 Å². The molecule has 1 saturated heterocycles. The van der Waals surface area contributed by atoms with Crippen molar-refractivity contribution in [1.29, 1.82) is 0 Å². The molecule has 1 aliphatic heterocycles. The molecule has 0 saturated carbocycles. The van der Waals surface area contributed by atoms with E-state index in [-0.39, 0.29) is 12.4 Å². The van der Waals surface area contributed by atoms with Gasteiger partial charge in [-0.25, -0.2) is 0 Å². The highest BCUT2D eigenvalue weighted by atomic mass is 16.7. The van der Waals surface area contributed by atoms with Crippen LogP contribution < -0.4 is 0 Å². The number of hydrogen-bond acceptors (Lipinski definition) is 3. The topological polar surface area (TPSA) is 35.5 Å². The molecule has 0 aromatic rings. The second kappa shape index (κ2) is 5.42. The first-order chi connectivity index (χ1) is 7.10. The monoisotopic (exact) mass is 212 g/mol. The summed E-state index contributed by atoms with van der Waals surface area (Å²) in [6, 6.07) is 0. The van der Waals surface area contributed by atoms with Crippen molar-refractivity contribution in [3.8, 4) is 0 Å². The lowest BCUT2D eigenvalue weighted by molar-refractivity contribution is -0.195. The molecule has 0 amide bonds. The maximum Gasteiger partial charge on any atom is 0.158 e. The van der Waals surface area contributed by atoms with Crippen molar-refractivity contribution in [2.75, 3.05) is 6.61 Å². The van der Waals surface area contributed by atoms with Gasteiger partial charge in [0.05, 0.1) is 11.5 Å². The van der Waals surface area contributed by atoms with Crippen LogP contribution in [0.15, 0.2) is 12.7 Å². The molecule has 0 aliphatic carbocycles. The van der Waals surface area contributed by atoms with Crippen molar-refractivity contribution >= 4 is 6.29 Å². The van der Waals surface area contributed by atoms with E-state index in [2.05, 4.69) is 6.58 Å². The highest BCUT2D eigenvalue weighted by Gasteiger charge is 2.30. The quantitative estimate of drug-likeness (QED) is 0.518. The maximum atomic E-state index is 10.9. The molecule has 0 radical (unpaired) electrons. The highest BCUT2D eigenvalue weighted by molar-refractivity contribution is 5.59. The van der Waals surface area contributed by atoms with Gasteiger partial charge in [0.15, 0.2) is 6.29 Å². The van der Waals surface area contributed by atoms with Gasteiger partial charge >= 0.3 is 0 Å². The molecular formula is C12H20O3. The SMILES string of the molecule is C=CC(OC1CCCCO1)C(C)(C)C=O. The fourth-order valence-electron chi connectivity index (χ4n) is 1.58. The van der Waals surface area contributed by atoms with Crippen molar-refractivity contribution in [2.24, 2.45) is 5.41 Å². The van der Waals surface area contributed by atoms with Gasteiger partial charge in [-0.15, -0.1) is 6.58 Å². The van der Waals surface area contributed by atoms with Crippen LogP contribution in [0.2, 0.25) is 0 Å². The van der Waals surface area contributed by atoms with E-state index in [1.54, 1.807) is 6.08 Å². The Labute approximate surface area is 91.4 Å². The van der Waals surface area contributed by atoms with Gasteiger partial charge in [-0.2, -0.15) is 0 Å². The number of carbonyl (C=O) groups excluding carboxylic acids is 1. The number of hydrogen-bond donors (Lipinski definition) is 0. The third kappa shape index (κ3) is 3.43. The second-order valence-electron chi connectivity index (χ2n) is 4.53. The number of aldehydes is 1. The third-order valence-electron chi connectivity index (χ3n) is 2.69. The molecular weight excluding hydrogens is 192 g/mol. The molecule has 0 bridgehead atoms. The predicted octanol–water partition coefficient (Wildman–Crippen LogP) is 2.31. The Balaban J connectivity index is 2.52. The first kappa shape index (κ1) is 12.4. The van der Waals surface area contributed by atoms with Crippen LogP contribution in [0.5, 0.6) is 0 Å². The van der Waals surface area contributed by atoms with Gasteiger partial charge in [-0.1, -0.05) is 19.9 Å². The van der Waals surface area contributed by atoms with Crippen LogP contribution in [0.1, 0.15) is 33.1 Å². The Bertz CT molecular complexity index is 217. The minimum absolute atomic E-state index is 0.180. The molecule has 0 N–H and O–H groups in total. The van der Waals surface area contributed by atoms with Gasteiger partial charge in [-0.3, -0.25) is 0 Å². The lowest BCUT2D eigenvalue weighted by atomic mass is 9.88. The third-order valence-corrected chi connectivity index (χ3v) is 2.69. The second-order valence-corrected chi connectivity index (χ2v) is 4.53. The summed E-state index contributed by atoms with van der Waals surface area (Å²) >= 11 is 0.